The first-order valence-electron chi connectivity index (χ1n) is 11.9. The first-order valence-corrected chi connectivity index (χ1v) is 23.1. The summed E-state index contributed by atoms with van der Waals surface area (Å²) in [6, 6.07) is 0. The van der Waals surface area contributed by atoms with Gasteiger partial charge in [-0.3, -0.25) is 0 Å². The summed E-state index contributed by atoms with van der Waals surface area (Å²) in [6.07, 6.45) is 11.4. The Morgan fingerprint density at radius 1 is 0.844 bits per heavy atom. The summed E-state index contributed by atoms with van der Waals surface area (Å²) in [5, 5.41) is 1.79. The molecule has 0 saturated heterocycles. The van der Waals surface area contributed by atoms with Gasteiger partial charge in [0.15, 0.2) is 0 Å². The fourth-order valence-corrected chi connectivity index (χ4v) is 18.8. The van der Waals surface area contributed by atoms with E-state index in [2.05, 4.69) is 76.5 Å². The Balaban J connectivity index is 0.000000690. The average Bonchev–Trinajstić information content (AvgIpc) is 3.39. The summed E-state index contributed by atoms with van der Waals surface area (Å²) in [6.45, 7) is 15.6. The van der Waals surface area contributed by atoms with Crippen molar-refractivity contribution in [3.8, 4) is 0 Å². The van der Waals surface area contributed by atoms with Crippen molar-refractivity contribution < 1.29 is 20.8 Å². The van der Waals surface area contributed by atoms with Crippen LogP contribution in [0.1, 0.15) is 53.4 Å². The molecule has 9 atom stereocenters. The molecule has 0 aromatic rings. The van der Waals surface area contributed by atoms with Crippen molar-refractivity contribution in [1.82, 2.24) is 0 Å². The van der Waals surface area contributed by atoms with Crippen molar-refractivity contribution in [3.63, 3.8) is 0 Å². The number of thioether (sulfide) groups is 2. The number of hydrogen-bond donors (Lipinski definition) is 0. The Morgan fingerprint density at radius 2 is 1.31 bits per heavy atom. The number of allylic oxidation sites excluding steroid dienone is 4. The van der Waals surface area contributed by atoms with Gasteiger partial charge in [0.05, 0.1) is 8.07 Å². The molecule has 3 aliphatic carbocycles. The van der Waals surface area contributed by atoms with E-state index in [1.54, 1.807) is 22.7 Å². The number of hydrogen-bond acceptors (Lipinski definition) is 2. The van der Waals surface area contributed by atoms with Gasteiger partial charge in [0.2, 0.25) is 0 Å². The molecule has 3 saturated carbocycles. The first kappa shape index (κ1) is 30.1. The molecule has 2 aliphatic heterocycles. The van der Waals surface area contributed by atoms with E-state index in [0.29, 0.717) is 0 Å². The second kappa shape index (κ2) is 11.9. The fraction of sp³-hybridized carbons (Fsp3) is 0.769. The van der Waals surface area contributed by atoms with E-state index in [0.717, 1.165) is 57.1 Å². The zero-order valence-corrected chi connectivity index (χ0v) is 27.9. The summed E-state index contributed by atoms with van der Waals surface area (Å²) in [5.74, 6) is 5.73. The van der Waals surface area contributed by atoms with Crippen molar-refractivity contribution in [2.24, 2.45) is 35.5 Å². The SMILES string of the molecule is CC1=CC2C3C=C(C)SC3C([Si](C)(C)C3CCC4C(C)CCC(C)C43)C2S1.[CH3-].[CH3-].[Cl][Zr+2][Cl]. The minimum atomic E-state index is -1.36. The molecule has 6 heteroatoms. The molecule has 0 bridgehead atoms. The Kier molecular flexibility index (Phi) is 11.2. The summed E-state index contributed by atoms with van der Waals surface area (Å²) < 4.78 is 0. The van der Waals surface area contributed by atoms with Crippen LogP contribution in [0.5, 0.6) is 0 Å². The molecule has 0 aromatic carbocycles. The molecule has 5 aliphatic rings. The second-order valence-corrected chi connectivity index (χ2v) is 22.9. The average molecular weight is 611 g/mol. The van der Waals surface area contributed by atoms with Crippen LogP contribution < -0.4 is 0 Å². The second-order valence-electron chi connectivity index (χ2n) is 11.2. The Morgan fingerprint density at radius 3 is 1.81 bits per heavy atom. The maximum atomic E-state index is 4.93. The zero-order chi connectivity index (χ0) is 21.8. The molecule has 3 fully saturated rings. The van der Waals surface area contributed by atoms with Crippen molar-refractivity contribution in [2.45, 2.75) is 88.1 Å². The predicted octanol–water partition coefficient (Wildman–Crippen LogP) is 10.1. The molecule has 32 heavy (non-hydrogen) atoms. The van der Waals surface area contributed by atoms with Crippen molar-refractivity contribution in [3.05, 3.63) is 36.8 Å². The normalized spacial score (nSPS) is 43.9. The van der Waals surface area contributed by atoms with Gasteiger partial charge >= 0.3 is 37.9 Å². The van der Waals surface area contributed by atoms with E-state index in [9.17, 15) is 0 Å². The molecule has 0 nitrogen and oxygen atoms in total. The van der Waals surface area contributed by atoms with Crippen LogP contribution in [0.2, 0.25) is 24.2 Å². The van der Waals surface area contributed by atoms with Crippen molar-refractivity contribution >= 4 is 48.6 Å². The maximum absolute atomic E-state index is 4.93. The number of fused-ring (bicyclic) bond motifs is 4. The van der Waals surface area contributed by atoms with Crippen LogP contribution in [0.4, 0.5) is 0 Å². The molecule has 0 amide bonds. The van der Waals surface area contributed by atoms with Crippen LogP contribution in [0.15, 0.2) is 22.0 Å². The molecule has 2 heterocycles. The first-order chi connectivity index (χ1) is 14.2. The summed E-state index contributed by atoms with van der Waals surface area (Å²) >= 11 is 3.72. The van der Waals surface area contributed by atoms with Crippen LogP contribution in [0.25, 0.3) is 0 Å². The van der Waals surface area contributed by atoms with Crippen molar-refractivity contribution in [1.29, 1.82) is 0 Å². The summed E-state index contributed by atoms with van der Waals surface area (Å²) in [5.41, 5.74) is 2.07. The van der Waals surface area contributed by atoms with Crippen LogP contribution in [-0.4, -0.2) is 18.6 Å². The Bertz CT molecular complexity index is 680. The van der Waals surface area contributed by atoms with Gasteiger partial charge in [-0.05, 0) is 76.7 Å². The van der Waals surface area contributed by atoms with E-state index in [1.165, 1.54) is 12.8 Å². The molecule has 0 spiro atoms. The third kappa shape index (κ3) is 5.27. The van der Waals surface area contributed by atoms with Crippen LogP contribution in [-0.2, 0) is 20.8 Å². The topological polar surface area (TPSA) is 0 Å². The van der Waals surface area contributed by atoms with Crippen LogP contribution >= 0.6 is 40.5 Å². The van der Waals surface area contributed by atoms with Gasteiger partial charge in [-0.1, -0.05) is 58.4 Å². The standard InChI is InChI=1S/C24H38S2Si.2CH3.2ClH.Zr/c1-13-7-8-14(2)21-17(13)9-10-20(21)27(5,6)24-22-18(11-15(3)25-22)19-12-16(4)26-23(19)24;;;;;/h11-14,17-24H,7-10H2,1-6H3;2*1H3;2*1H;/q;2*-1;;;+4/p-2. The molecular formula is C26H44Cl2S2SiZr. The fourth-order valence-electron chi connectivity index (χ4n) is 8.30. The molecular weight excluding hydrogens is 567 g/mol. The van der Waals surface area contributed by atoms with Crippen LogP contribution in [0, 0.1) is 50.4 Å². The van der Waals surface area contributed by atoms with E-state index in [4.69, 9.17) is 17.0 Å². The zero-order valence-electron chi connectivity index (χ0n) is 21.3. The molecule has 182 valence electrons. The Hall–Kier alpha value is 1.86. The summed E-state index contributed by atoms with van der Waals surface area (Å²) in [7, 11) is 8.51. The quantitative estimate of drug-likeness (QED) is 0.225. The number of halogens is 2. The Labute approximate surface area is 228 Å². The van der Waals surface area contributed by atoms with Gasteiger partial charge in [-0.15, -0.1) is 23.5 Å². The minimum absolute atomic E-state index is 0. The third-order valence-electron chi connectivity index (χ3n) is 9.46. The van der Waals surface area contributed by atoms with Gasteiger partial charge in [0.1, 0.15) is 0 Å². The third-order valence-corrected chi connectivity index (χ3v) is 17.7. The van der Waals surface area contributed by atoms with E-state index in [1.807, 2.05) is 0 Å². The van der Waals surface area contributed by atoms with Gasteiger partial charge in [-0.25, -0.2) is 0 Å². The van der Waals surface area contributed by atoms with Crippen molar-refractivity contribution in [2.75, 3.05) is 0 Å². The molecule has 0 radical (unpaired) electrons. The van der Waals surface area contributed by atoms with Crippen LogP contribution in [0.3, 0.4) is 0 Å². The molecule has 9 unspecified atom stereocenters. The molecule has 0 N–H and O–H groups in total. The van der Waals surface area contributed by atoms with E-state index >= 15 is 0 Å². The predicted molar refractivity (Wildman–Crippen MR) is 151 cm³/mol. The summed E-state index contributed by atoms with van der Waals surface area (Å²) in [4.78, 5) is 3.23. The monoisotopic (exact) mass is 608 g/mol. The number of rotatable bonds is 2. The molecule has 0 aromatic heterocycles. The molecule has 5 rings (SSSR count). The van der Waals surface area contributed by atoms with Gasteiger partial charge in [-0.2, -0.15) is 0 Å². The van der Waals surface area contributed by atoms with Gasteiger partial charge in [0.25, 0.3) is 0 Å². The van der Waals surface area contributed by atoms with Gasteiger partial charge in [0, 0.05) is 10.5 Å². The van der Waals surface area contributed by atoms with Gasteiger partial charge < -0.3 is 14.9 Å². The van der Waals surface area contributed by atoms with E-state index in [-0.39, 0.29) is 14.9 Å². The van der Waals surface area contributed by atoms with E-state index < -0.39 is 28.9 Å².